The lowest BCUT2D eigenvalue weighted by Crippen LogP contribution is -2.02. The third kappa shape index (κ3) is 1.74. The molecule has 3 rings (SSSR count). The summed E-state index contributed by atoms with van der Waals surface area (Å²) >= 11 is 0. The SMILES string of the molecule is Cc1nc(N)c(C#N)c(-c2ccc3c(c2)OCO3)c1C. The second-order valence-corrected chi connectivity index (χ2v) is 4.64. The van der Waals surface area contributed by atoms with Crippen molar-refractivity contribution in [1.29, 1.82) is 5.26 Å². The first-order chi connectivity index (χ1) is 9.61. The Morgan fingerprint density at radius 2 is 2.00 bits per heavy atom. The first-order valence-corrected chi connectivity index (χ1v) is 6.18. The number of nitrogen functional groups attached to an aromatic ring is 1. The molecular formula is C15H13N3O2. The monoisotopic (exact) mass is 267 g/mol. The second kappa shape index (κ2) is 4.42. The zero-order valence-electron chi connectivity index (χ0n) is 11.2. The van der Waals surface area contributed by atoms with Crippen LogP contribution in [-0.4, -0.2) is 11.8 Å². The molecule has 1 aromatic heterocycles. The van der Waals surface area contributed by atoms with Crippen molar-refractivity contribution in [2.45, 2.75) is 13.8 Å². The van der Waals surface area contributed by atoms with E-state index in [9.17, 15) is 5.26 Å². The molecule has 0 unspecified atom stereocenters. The van der Waals surface area contributed by atoms with Crippen LogP contribution in [0.15, 0.2) is 18.2 Å². The van der Waals surface area contributed by atoms with E-state index in [1.54, 1.807) is 0 Å². The highest BCUT2D eigenvalue weighted by Gasteiger charge is 2.19. The van der Waals surface area contributed by atoms with Crippen LogP contribution in [0.5, 0.6) is 11.5 Å². The molecule has 0 saturated heterocycles. The molecular weight excluding hydrogens is 254 g/mol. The van der Waals surface area contributed by atoms with Crippen LogP contribution in [0, 0.1) is 25.2 Å². The van der Waals surface area contributed by atoms with Crippen molar-refractivity contribution in [3.63, 3.8) is 0 Å². The summed E-state index contributed by atoms with van der Waals surface area (Å²) in [7, 11) is 0. The van der Waals surface area contributed by atoms with Crippen LogP contribution in [-0.2, 0) is 0 Å². The van der Waals surface area contributed by atoms with Crippen molar-refractivity contribution in [2.24, 2.45) is 0 Å². The number of hydrogen-bond acceptors (Lipinski definition) is 5. The second-order valence-electron chi connectivity index (χ2n) is 4.64. The summed E-state index contributed by atoms with van der Waals surface area (Å²) in [6.07, 6.45) is 0. The number of rotatable bonds is 1. The van der Waals surface area contributed by atoms with Crippen molar-refractivity contribution in [3.05, 3.63) is 35.0 Å². The van der Waals surface area contributed by atoms with E-state index in [-0.39, 0.29) is 12.6 Å². The molecule has 5 nitrogen and oxygen atoms in total. The van der Waals surface area contributed by atoms with Crippen molar-refractivity contribution in [3.8, 4) is 28.7 Å². The van der Waals surface area contributed by atoms with E-state index in [0.717, 1.165) is 22.4 Å². The minimum atomic E-state index is 0.223. The highest BCUT2D eigenvalue weighted by molar-refractivity contribution is 5.80. The van der Waals surface area contributed by atoms with Gasteiger partial charge in [0.05, 0.1) is 0 Å². The van der Waals surface area contributed by atoms with Gasteiger partial charge in [-0.25, -0.2) is 4.98 Å². The van der Waals surface area contributed by atoms with Gasteiger partial charge in [-0.2, -0.15) is 5.26 Å². The molecule has 0 bridgehead atoms. The average molecular weight is 267 g/mol. The Labute approximate surface area is 116 Å². The first-order valence-electron chi connectivity index (χ1n) is 6.18. The Morgan fingerprint density at radius 3 is 2.75 bits per heavy atom. The number of aryl methyl sites for hydroxylation is 1. The van der Waals surface area contributed by atoms with Gasteiger partial charge in [0, 0.05) is 11.3 Å². The summed E-state index contributed by atoms with van der Waals surface area (Å²) < 4.78 is 10.7. The van der Waals surface area contributed by atoms with Crippen molar-refractivity contribution in [2.75, 3.05) is 12.5 Å². The van der Waals surface area contributed by atoms with E-state index < -0.39 is 0 Å². The molecule has 1 aliphatic rings. The van der Waals surface area contributed by atoms with Gasteiger partial charge >= 0.3 is 0 Å². The van der Waals surface area contributed by atoms with Crippen LogP contribution in [0.3, 0.4) is 0 Å². The number of benzene rings is 1. The highest BCUT2D eigenvalue weighted by atomic mass is 16.7. The van der Waals surface area contributed by atoms with Gasteiger partial charge in [-0.3, -0.25) is 0 Å². The lowest BCUT2D eigenvalue weighted by Gasteiger charge is -2.13. The normalized spacial score (nSPS) is 12.2. The van der Waals surface area contributed by atoms with Gasteiger partial charge in [-0.15, -0.1) is 0 Å². The smallest absolute Gasteiger partial charge is 0.231 e. The maximum atomic E-state index is 9.34. The molecule has 0 radical (unpaired) electrons. The number of ether oxygens (including phenoxy) is 2. The number of nitrogens with two attached hydrogens (primary N) is 1. The Balaban J connectivity index is 2.27. The fourth-order valence-corrected chi connectivity index (χ4v) is 2.34. The Hall–Kier alpha value is -2.74. The summed E-state index contributed by atoms with van der Waals surface area (Å²) in [5, 5.41) is 9.34. The highest BCUT2D eigenvalue weighted by Crippen LogP contribution is 2.39. The third-order valence-corrected chi connectivity index (χ3v) is 3.49. The van der Waals surface area contributed by atoms with Gasteiger partial charge in [-0.1, -0.05) is 6.07 Å². The van der Waals surface area contributed by atoms with Crippen molar-refractivity contribution in [1.82, 2.24) is 4.98 Å². The topological polar surface area (TPSA) is 81.2 Å². The van der Waals surface area contributed by atoms with Gasteiger partial charge < -0.3 is 15.2 Å². The van der Waals surface area contributed by atoms with Crippen LogP contribution < -0.4 is 15.2 Å². The van der Waals surface area contributed by atoms with Crippen molar-refractivity contribution >= 4 is 5.82 Å². The van der Waals surface area contributed by atoms with E-state index in [4.69, 9.17) is 15.2 Å². The average Bonchev–Trinajstić information content (AvgIpc) is 2.89. The molecule has 20 heavy (non-hydrogen) atoms. The molecule has 2 N–H and O–H groups in total. The zero-order valence-corrected chi connectivity index (χ0v) is 11.2. The van der Waals surface area contributed by atoms with Gasteiger partial charge in [0.1, 0.15) is 17.5 Å². The van der Waals surface area contributed by atoms with Crippen LogP contribution in [0.2, 0.25) is 0 Å². The molecule has 0 fully saturated rings. The number of anilines is 1. The van der Waals surface area contributed by atoms with E-state index in [1.807, 2.05) is 32.0 Å². The van der Waals surface area contributed by atoms with Gasteiger partial charge in [0.25, 0.3) is 0 Å². The van der Waals surface area contributed by atoms with E-state index in [0.29, 0.717) is 17.1 Å². The minimum Gasteiger partial charge on any atom is -0.454 e. The maximum Gasteiger partial charge on any atom is 0.231 e. The lowest BCUT2D eigenvalue weighted by molar-refractivity contribution is 0.174. The van der Waals surface area contributed by atoms with E-state index >= 15 is 0 Å². The van der Waals surface area contributed by atoms with Crippen LogP contribution >= 0.6 is 0 Å². The lowest BCUT2D eigenvalue weighted by atomic mass is 9.95. The summed E-state index contributed by atoms with van der Waals surface area (Å²) in [5.74, 6) is 1.64. The predicted molar refractivity (Wildman–Crippen MR) is 74.4 cm³/mol. The van der Waals surface area contributed by atoms with Gasteiger partial charge in [-0.05, 0) is 37.1 Å². The molecule has 2 heterocycles. The minimum absolute atomic E-state index is 0.223. The Bertz CT molecular complexity index is 748. The molecule has 0 atom stereocenters. The molecule has 0 spiro atoms. The predicted octanol–water partition coefficient (Wildman–Crippen LogP) is 2.55. The van der Waals surface area contributed by atoms with Gasteiger partial charge in [0.2, 0.25) is 6.79 Å². The molecule has 100 valence electrons. The van der Waals surface area contributed by atoms with E-state index in [1.165, 1.54) is 0 Å². The third-order valence-electron chi connectivity index (χ3n) is 3.49. The van der Waals surface area contributed by atoms with E-state index in [2.05, 4.69) is 11.1 Å². The summed E-state index contributed by atoms with van der Waals surface area (Å²) in [4.78, 5) is 4.20. The molecule has 0 saturated carbocycles. The van der Waals surface area contributed by atoms with Gasteiger partial charge in [0.15, 0.2) is 11.5 Å². The number of nitriles is 1. The maximum absolute atomic E-state index is 9.34. The quantitative estimate of drug-likeness (QED) is 0.858. The first kappa shape index (κ1) is 12.3. The summed E-state index contributed by atoms with van der Waals surface area (Å²) in [6, 6.07) is 7.74. The molecule has 5 heteroatoms. The molecule has 2 aromatic rings. The standard InChI is InChI=1S/C15H13N3O2/c1-8-9(2)18-15(17)11(6-16)14(8)10-3-4-12-13(5-10)20-7-19-12/h3-5H,7H2,1-2H3,(H2,17,18). The number of aromatic nitrogens is 1. The van der Waals surface area contributed by atoms with Crippen LogP contribution in [0.4, 0.5) is 5.82 Å². The Morgan fingerprint density at radius 1 is 1.25 bits per heavy atom. The molecule has 0 aliphatic carbocycles. The van der Waals surface area contributed by atoms with Crippen LogP contribution in [0.1, 0.15) is 16.8 Å². The molecule has 1 aromatic carbocycles. The van der Waals surface area contributed by atoms with Crippen LogP contribution in [0.25, 0.3) is 11.1 Å². The molecule has 0 amide bonds. The largest absolute Gasteiger partial charge is 0.454 e. The summed E-state index contributed by atoms with van der Waals surface area (Å²) in [5.41, 5.74) is 9.69. The summed E-state index contributed by atoms with van der Waals surface area (Å²) in [6.45, 7) is 4.03. The van der Waals surface area contributed by atoms with Crippen molar-refractivity contribution < 1.29 is 9.47 Å². The number of pyridine rings is 1. The fourth-order valence-electron chi connectivity index (χ4n) is 2.34. The number of fused-ring (bicyclic) bond motifs is 1. The zero-order chi connectivity index (χ0) is 14.3. The number of nitrogens with zero attached hydrogens (tertiary/aromatic N) is 2. The molecule has 1 aliphatic heterocycles. The fraction of sp³-hybridized carbons (Fsp3) is 0.200. The Kier molecular flexibility index (Phi) is 2.72. The number of hydrogen-bond donors (Lipinski definition) is 1.